The molecular formula is C28H36N10O19P2. The molecule has 0 aliphatic carbocycles. The van der Waals surface area contributed by atoms with E-state index in [4.69, 9.17) is 43.8 Å². The van der Waals surface area contributed by atoms with Crippen molar-refractivity contribution in [3.63, 3.8) is 0 Å². The fraction of sp³-hybridized carbons (Fsp3) is 0.536. The third kappa shape index (κ3) is 8.58. The van der Waals surface area contributed by atoms with E-state index < -0.39 is 125 Å². The third-order valence-corrected chi connectivity index (χ3v) is 11.4. The normalized spacial score (nSPS) is 33.0. The van der Waals surface area contributed by atoms with Crippen LogP contribution in [0, 0.1) is 0 Å². The van der Waals surface area contributed by atoms with Crippen LogP contribution in [0.4, 0.5) is 11.8 Å². The lowest BCUT2D eigenvalue weighted by Crippen LogP contribution is -2.39. The van der Waals surface area contributed by atoms with Crippen LogP contribution in [0.15, 0.2) is 50.0 Å². The Hall–Kier alpha value is -4.55. The first-order chi connectivity index (χ1) is 27.7. The largest absolute Gasteiger partial charge is 0.472 e. The topological polar surface area (TPSA) is 425 Å². The highest BCUT2D eigenvalue weighted by Crippen LogP contribution is 2.52. The highest BCUT2D eigenvalue weighted by molar-refractivity contribution is 7.47. The van der Waals surface area contributed by atoms with Crippen LogP contribution < -0.4 is 34.0 Å². The number of phosphoric ester groups is 2. The van der Waals surface area contributed by atoms with Crippen LogP contribution in [-0.4, -0.2) is 137 Å². The minimum absolute atomic E-state index is 0.124. The number of nitrogens with zero attached hydrogens (tertiary/aromatic N) is 6. The summed E-state index contributed by atoms with van der Waals surface area (Å²) in [5.74, 6) is -0.503. The van der Waals surface area contributed by atoms with Crippen molar-refractivity contribution in [1.82, 2.24) is 38.6 Å². The Kier molecular flexibility index (Phi) is 11.6. The molecule has 3 saturated heterocycles. The van der Waals surface area contributed by atoms with Crippen LogP contribution in [0.2, 0.25) is 0 Å². The summed E-state index contributed by atoms with van der Waals surface area (Å²) in [4.78, 5) is 85.6. The molecule has 0 saturated carbocycles. The maximum atomic E-state index is 13.3. The van der Waals surface area contributed by atoms with E-state index in [0.717, 1.165) is 44.6 Å². The molecule has 7 heterocycles. The number of aliphatic hydroxyl groups excluding tert-OH is 4. The second kappa shape index (κ2) is 16.1. The molecule has 322 valence electrons. The van der Waals surface area contributed by atoms with E-state index >= 15 is 0 Å². The fourth-order valence-corrected chi connectivity index (χ4v) is 8.55. The summed E-state index contributed by atoms with van der Waals surface area (Å²) in [7, 11) is -10.6. The van der Waals surface area contributed by atoms with Crippen molar-refractivity contribution in [3.8, 4) is 0 Å². The van der Waals surface area contributed by atoms with Gasteiger partial charge in [-0.2, -0.15) is 9.97 Å². The predicted octanol–water partition coefficient (Wildman–Crippen LogP) is -4.75. The number of aliphatic hydroxyl groups is 4. The van der Waals surface area contributed by atoms with E-state index in [1.54, 1.807) is 0 Å². The minimum atomic E-state index is -5.38. The number of nitrogens with one attached hydrogen (secondary N) is 2. The lowest BCUT2D eigenvalue weighted by Gasteiger charge is -2.25. The van der Waals surface area contributed by atoms with Gasteiger partial charge in [-0.1, -0.05) is 0 Å². The molecule has 0 aromatic carbocycles. The van der Waals surface area contributed by atoms with Crippen molar-refractivity contribution in [2.75, 3.05) is 24.7 Å². The van der Waals surface area contributed by atoms with Crippen molar-refractivity contribution in [2.45, 2.75) is 80.5 Å². The van der Waals surface area contributed by atoms with Gasteiger partial charge in [-0.25, -0.2) is 23.7 Å². The van der Waals surface area contributed by atoms with Gasteiger partial charge in [0.25, 0.3) is 11.1 Å². The molecule has 0 bridgehead atoms. The van der Waals surface area contributed by atoms with Gasteiger partial charge in [-0.3, -0.25) is 51.4 Å². The first kappa shape index (κ1) is 42.6. The average Bonchev–Trinajstić information content (AvgIpc) is 3.86. The van der Waals surface area contributed by atoms with Gasteiger partial charge in [0.2, 0.25) is 5.95 Å². The molecule has 2 unspecified atom stereocenters. The summed E-state index contributed by atoms with van der Waals surface area (Å²) in [6.07, 6.45) is -16.9. The monoisotopic (exact) mass is 878 g/mol. The maximum Gasteiger partial charge on any atom is 0.472 e. The molecule has 4 aromatic rings. The van der Waals surface area contributed by atoms with Gasteiger partial charge in [0.15, 0.2) is 29.8 Å². The van der Waals surface area contributed by atoms with Crippen molar-refractivity contribution in [1.29, 1.82) is 0 Å². The van der Waals surface area contributed by atoms with E-state index in [2.05, 4.69) is 19.9 Å². The number of aromatic nitrogens is 8. The molecule has 3 fully saturated rings. The number of fused-ring (bicyclic) bond motifs is 1. The van der Waals surface area contributed by atoms with E-state index in [-0.39, 0.29) is 22.9 Å². The van der Waals surface area contributed by atoms with E-state index in [9.17, 15) is 58.5 Å². The number of imidazole rings is 1. The smallest absolute Gasteiger partial charge is 0.387 e. The fourth-order valence-electron chi connectivity index (χ4n) is 6.59. The minimum Gasteiger partial charge on any atom is -0.387 e. The standard InChI is InChI=1S/C28H36N10O19P2/c1-9-19(17(42)24(53-9)37-5-3-13(39)33-28(37)46)56-58(47,48)52-7-11-20(18(43)25(55-11)36-4-2-12(29)32-27(36)45)57-59(49,50)51-6-10-15(40)16(41)23(54-10)38-8-31-14-21(38)34-26(30)35-22(14)44/h2-5,8-11,15-20,23-25,40-43H,6-7H2,1H3,(H,47,48)(H,49,50)(H2,29,32,45)(H,33,39,46)(H3,30,34,35,44)/t9-,10-,11-,15-,16-,17-,18-,19-,20-,23-,24-,25-/m1/s1. The first-order valence-corrected chi connectivity index (χ1v) is 20.1. The van der Waals surface area contributed by atoms with Crippen LogP contribution in [0.25, 0.3) is 11.2 Å². The van der Waals surface area contributed by atoms with Gasteiger partial charge in [-0.05, 0) is 13.0 Å². The summed E-state index contributed by atoms with van der Waals surface area (Å²) in [6, 6.07) is 2.13. The van der Waals surface area contributed by atoms with Crippen LogP contribution in [0.5, 0.6) is 0 Å². The van der Waals surface area contributed by atoms with Crippen molar-refractivity contribution in [2.24, 2.45) is 0 Å². The van der Waals surface area contributed by atoms with Crippen LogP contribution in [-0.2, 0) is 41.4 Å². The van der Waals surface area contributed by atoms with Crippen LogP contribution in [0.1, 0.15) is 25.6 Å². The molecule has 31 heteroatoms. The highest BCUT2D eigenvalue weighted by atomic mass is 31.2. The Morgan fingerprint density at radius 3 is 2.03 bits per heavy atom. The van der Waals surface area contributed by atoms with Gasteiger partial charge in [-0.15, -0.1) is 0 Å². The SMILES string of the molecule is C[C@H]1O[C@@H](n2ccc(=O)[nH]c2=O)[C@H](O)[C@@H]1OP(=O)(O)OC[C@H]1O[C@@H](n2ccc(N)nc2=O)[C@H](O)[C@@H]1OP(=O)(O)OC[C@H]1O[C@@H](n2cnc3c(=O)[nH]c(N)nc32)[C@H](O)[C@@H]1O. The zero-order valence-electron chi connectivity index (χ0n) is 30.0. The molecule has 59 heavy (non-hydrogen) atoms. The molecule has 29 nitrogen and oxygen atoms in total. The molecule has 4 aromatic heterocycles. The zero-order valence-corrected chi connectivity index (χ0v) is 31.7. The summed E-state index contributed by atoms with van der Waals surface area (Å²) in [5.41, 5.74) is 7.40. The van der Waals surface area contributed by atoms with Crippen molar-refractivity contribution in [3.05, 3.63) is 72.5 Å². The summed E-state index contributed by atoms with van der Waals surface area (Å²) in [5, 5.41) is 43.5. The van der Waals surface area contributed by atoms with Gasteiger partial charge in [0, 0.05) is 18.5 Å². The van der Waals surface area contributed by atoms with E-state index in [0.29, 0.717) is 0 Å². The van der Waals surface area contributed by atoms with Gasteiger partial charge >= 0.3 is 27.0 Å². The highest BCUT2D eigenvalue weighted by Gasteiger charge is 2.52. The number of anilines is 2. The second-order valence-electron chi connectivity index (χ2n) is 13.3. The van der Waals surface area contributed by atoms with Gasteiger partial charge in [0.1, 0.15) is 54.6 Å². The number of nitrogens with two attached hydrogens (primary N) is 2. The van der Waals surface area contributed by atoms with Crippen LogP contribution >= 0.6 is 15.6 Å². The average molecular weight is 879 g/mol. The number of rotatable bonds is 13. The van der Waals surface area contributed by atoms with Gasteiger partial charge in [0.05, 0.1) is 25.6 Å². The quantitative estimate of drug-likeness (QED) is 0.0564. The number of aromatic amines is 2. The molecule has 0 spiro atoms. The van der Waals surface area contributed by atoms with Crippen LogP contribution in [0.3, 0.4) is 0 Å². The number of ether oxygens (including phenoxy) is 3. The summed E-state index contributed by atoms with van der Waals surface area (Å²) in [6.45, 7) is -0.683. The molecule has 3 aliphatic rings. The van der Waals surface area contributed by atoms with Crippen molar-refractivity contribution < 1.29 is 71.6 Å². The molecule has 3 aliphatic heterocycles. The lowest BCUT2D eigenvalue weighted by molar-refractivity contribution is -0.0617. The molecular weight excluding hydrogens is 842 g/mol. The summed E-state index contributed by atoms with van der Waals surface area (Å²) < 4.78 is 66.5. The van der Waals surface area contributed by atoms with E-state index in [1.807, 2.05) is 4.98 Å². The Balaban J connectivity index is 1.05. The lowest BCUT2D eigenvalue weighted by atomic mass is 10.1. The Labute approximate surface area is 326 Å². The molecule has 0 radical (unpaired) electrons. The molecule has 7 rings (SSSR count). The number of hydrogen-bond acceptors (Lipinski definition) is 22. The first-order valence-electron chi connectivity index (χ1n) is 17.1. The number of nitrogen functional groups attached to an aromatic ring is 2. The molecule has 0 amide bonds. The van der Waals surface area contributed by atoms with Gasteiger partial charge < -0.3 is 55.9 Å². The number of hydrogen-bond donors (Lipinski definition) is 10. The number of phosphoric acid groups is 2. The second-order valence-corrected chi connectivity index (χ2v) is 16.1. The Morgan fingerprint density at radius 2 is 1.36 bits per heavy atom. The maximum absolute atomic E-state index is 13.3. The Morgan fingerprint density at radius 1 is 0.763 bits per heavy atom. The molecule has 12 N–H and O–H groups in total. The third-order valence-electron chi connectivity index (χ3n) is 9.38. The predicted molar refractivity (Wildman–Crippen MR) is 190 cm³/mol. The Bertz CT molecular complexity index is 2550. The summed E-state index contributed by atoms with van der Waals surface area (Å²) >= 11 is 0. The van der Waals surface area contributed by atoms with Crippen molar-refractivity contribution >= 4 is 38.6 Å². The van der Waals surface area contributed by atoms with E-state index in [1.165, 1.54) is 6.92 Å². The zero-order chi connectivity index (χ0) is 42.7. The number of H-pyrrole nitrogens is 2. The molecule has 14 atom stereocenters.